The second-order valence-electron chi connectivity index (χ2n) is 6.92. The molecule has 2 amide bonds. The maximum atomic E-state index is 12.7. The molecule has 0 radical (unpaired) electrons. The van der Waals surface area contributed by atoms with Crippen LogP contribution >= 0.6 is 0 Å². The third kappa shape index (κ3) is 4.31. The lowest BCUT2D eigenvalue weighted by molar-refractivity contribution is -0.117. The standard InChI is InChI=1S/C20H21N5O6S/c1-24(2)32(29,30)12-8-9-16(31-3)15(10-12)22-17(26)11-25-20(28)14-7-5-4-6-13(14)18(23-25)19(21)27/h4-10H,11H2,1-3H3,(H2,21,27)(H,22,26). The second kappa shape index (κ2) is 8.77. The Hall–Kier alpha value is -3.77. The number of rotatable bonds is 7. The molecular formula is C20H21N5O6S. The van der Waals surface area contributed by atoms with Crippen molar-refractivity contribution in [3.8, 4) is 5.75 Å². The molecule has 32 heavy (non-hydrogen) atoms. The average Bonchev–Trinajstić information content (AvgIpc) is 2.75. The Morgan fingerprint density at radius 3 is 2.41 bits per heavy atom. The molecule has 0 bridgehead atoms. The van der Waals surface area contributed by atoms with Crippen molar-refractivity contribution in [2.75, 3.05) is 26.5 Å². The van der Waals surface area contributed by atoms with Crippen LogP contribution in [0, 0.1) is 0 Å². The number of hydrogen-bond acceptors (Lipinski definition) is 7. The summed E-state index contributed by atoms with van der Waals surface area (Å²) in [6.07, 6.45) is 0. The van der Waals surface area contributed by atoms with Gasteiger partial charge in [0.15, 0.2) is 5.69 Å². The van der Waals surface area contributed by atoms with Gasteiger partial charge in [0.05, 0.1) is 23.1 Å². The first-order valence-electron chi connectivity index (χ1n) is 9.26. The lowest BCUT2D eigenvalue weighted by Gasteiger charge is -2.15. The quantitative estimate of drug-likeness (QED) is 0.518. The van der Waals surface area contributed by atoms with E-state index < -0.39 is 33.9 Å². The van der Waals surface area contributed by atoms with Crippen LogP contribution in [0.5, 0.6) is 5.75 Å². The number of sulfonamides is 1. The largest absolute Gasteiger partial charge is 0.495 e. The molecule has 168 valence electrons. The van der Waals surface area contributed by atoms with Crippen LogP contribution in [0.15, 0.2) is 52.2 Å². The van der Waals surface area contributed by atoms with Gasteiger partial charge in [-0.3, -0.25) is 14.4 Å². The molecule has 0 fully saturated rings. The van der Waals surface area contributed by atoms with Gasteiger partial charge in [-0.2, -0.15) is 5.10 Å². The Balaban J connectivity index is 1.98. The van der Waals surface area contributed by atoms with Crippen LogP contribution in [0.4, 0.5) is 5.69 Å². The van der Waals surface area contributed by atoms with E-state index in [-0.39, 0.29) is 32.8 Å². The number of nitrogens with two attached hydrogens (primary N) is 1. The van der Waals surface area contributed by atoms with Crippen molar-refractivity contribution in [2.24, 2.45) is 5.73 Å². The highest BCUT2D eigenvalue weighted by Gasteiger charge is 2.21. The zero-order chi connectivity index (χ0) is 23.6. The number of carbonyl (C=O) groups is 2. The number of hydrogen-bond donors (Lipinski definition) is 2. The van der Waals surface area contributed by atoms with Gasteiger partial charge in [-0.1, -0.05) is 18.2 Å². The van der Waals surface area contributed by atoms with Crippen LogP contribution in [0.3, 0.4) is 0 Å². The van der Waals surface area contributed by atoms with E-state index in [1.807, 2.05) is 0 Å². The molecule has 3 N–H and O–H groups in total. The topological polar surface area (TPSA) is 154 Å². The highest BCUT2D eigenvalue weighted by molar-refractivity contribution is 7.89. The number of methoxy groups -OCH3 is 1. The minimum atomic E-state index is -3.76. The zero-order valence-corrected chi connectivity index (χ0v) is 18.3. The third-order valence-electron chi connectivity index (χ3n) is 4.62. The van der Waals surface area contributed by atoms with Crippen molar-refractivity contribution in [3.05, 3.63) is 58.5 Å². The highest BCUT2D eigenvalue weighted by Crippen LogP contribution is 2.28. The number of amides is 2. The number of nitrogens with one attached hydrogen (secondary N) is 1. The summed E-state index contributed by atoms with van der Waals surface area (Å²) in [4.78, 5) is 37.1. The minimum Gasteiger partial charge on any atom is -0.495 e. The van der Waals surface area contributed by atoms with Crippen LogP contribution in [-0.4, -0.2) is 55.5 Å². The lowest BCUT2D eigenvalue weighted by atomic mass is 10.1. The normalized spacial score (nSPS) is 11.5. The molecular weight excluding hydrogens is 438 g/mol. The van der Waals surface area contributed by atoms with E-state index in [4.69, 9.17) is 10.5 Å². The third-order valence-corrected chi connectivity index (χ3v) is 6.43. The Morgan fingerprint density at radius 1 is 1.16 bits per heavy atom. The summed E-state index contributed by atoms with van der Waals surface area (Å²) < 4.78 is 31.9. The number of nitrogens with zero attached hydrogens (tertiary/aromatic N) is 3. The molecule has 12 heteroatoms. The van der Waals surface area contributed by atoms with Crippen LogP contribution in [0.1, 0.15) is 10.5 Å². The van der Waals surface area contributed by atoms with Crippen LogP contribution < -0.4 is 21.3 Å². The molecule has 3 aromatic rings. The molecule has 2 aromatic carbocycles. The van der Waals surface area contributed by atoms with E-state index in [9.17, 15) is 22.8 Å². The molecule has 0 atom stereocenters. The fraction of sp³-hybridized carbons (Fsp3) is 0.200. The summed E-state index contributed by atoms with van der Waals surface area (Å²) in [6.45, 7) is -0.544. The van der Waals surface area contributed by atoms with Crippen molar-refractivity contribution >= 4 is 38.3 Å². The molecule has 1 heterocycles. The van der Waals surface area contributed by atoms with E-state index >= 15 is 0 Å². The van der Waals surface area contributed by atoms with Crippen molar-refractivity contribution in [1.29, 1.82) is 0 Å². The number of aromatic nitrogens is 2. The molecule has 0 saturated heterocycles. The number of benzene rings is 2. The number of anilines is 1. The highest BCUT2D eigenvalue weighted by atomic mass is 32.2. The molecule has 0 aliphatic carbocycles. The number of primary amides is 1. The van der Waals surface area contributed by atoms with Gasteiger partial charge in [0.2, 0.25) is 15.9 Å². The van der Waals surface area contributed by atoms with Crippen molar-refractivity contribution in [2.45, 2.75) is 11.4 Å². The summed E-state index contributed by atoms with van der Waals surface area (Å²) in [5.74, 6) is -1.32. The van der Waals surface area contributed by atoms with Crippen molar-refractivity contribution in [1.82, 2.24) is 14.1 Å². The SMILES string of the molecule is COc1ccc(S(=O)(=O)N(C)C)cc1NC(=O)Cn1nc(C(N)=O)c2ccccc2c1=O. The van der Waals surface area contributed by atoms with Crippen molar-refractivity contribution < 1.29 is 22.7 Å². The van der Waals surface area contributed by atoms with E-state index in [0.29, 0.717) is 0 Å². The molecule has 0 saturated carbocycles. The Labute approximate surface area is 183 Å². The van der Waals surface area contributed by atoms with E-state index in [1.54, 1.807) is 12.1 Å². The zero-order valence-electron chi connectivity index (χ0n) is 17.5. The van der Waals surface area contributed by atoms with Crippen molar-refractivity contribution in [3.63, 3.8) is 0 Å². The van der Waals surface area contributed by atoms with Gasteiger partial charge in [0, 0.05) is 19.5 Å². The molecule has 0 aliphatic heterocycles. The number of fused-ring (bicyclic) bond motifs is 1. The summed E-state index contributed by atoms with van der Waals surface area (Å²) in [5, 5.41) is 6.93. The molecule has 3 rings (SSSR count). The molecule has 0 spiro atoms. The first-order valence-corrected chi connectivity index (χ1v) is 10.7. The maximum Gasteiger partial charge on any atom is 0.275 e. The Kier molecular flexibility index (Phi) is 6.27. The Bertz CT molecular complexity index is 1380. The first-order chi connectivity index (χ1) is 15.1. The second-order valence-corrected chi connectivity index (χ2v) is 9.07. The Morgan fingerprint density at radius 2 is 1.81 bits per heavy atom. The average molecular weight is 459 g/mol. The fourth-order valence-electron chi connectivity index (χ4n) is 3.01. The van der Waals surface area contributed by atoms with E-state index in [2.05, 4.69) is 10.4 Å². The van der Waals surface area contributed by atoms with Gasteiger partial charge in [-0.05, 0) is 24.3 Å². The molecule has 0 aliphatic rings. The summed E-state index contributed by atoms with van der Waals surface area (Å²) in [6, 6.07) is 10.3. The number of carbonyl (C=O) groups excluding carboxylic acids is 2. The van der Waals surface area contributed by atoms with Gasteiger partial charge >= 0.3 is 0 Å². The predicted molar refractivity (Wildman–Crippen MR) is 117 cm³/mol. The molecule has 1 aromatic heterocycles. The predicted octanol–water partition coefficient (Wildman–Crippen LogP) is 0.393. The monoisotopic (exact) mass is 459 g/mol. The van der Waals surface area contributed by atoms with Crippen LogP contribution in [-0.2, 0) is 21.4 Å². The number of ether oxygens (including phenoxy) is 1. The molecule has 11 nitrogen and oxygen atoms in total. The smallest absolute Gasteiger partial charge is 0.275 e. The fourth-order valence-corrected chi connectivity index (χ4v) is 3.93. The van der Waals surface area contributed by atoms with Crippen LogP contribution in [0.25, 0.3) is 10.8 Å². The summed E-state index contributed by atoms with van der Waals surface area (Å²) in [7, 11) is 0.365. The minimum absolute atomic E-state index is 0.0596. The summed E-state index contributed by atoms with van der Waals surface area (Å²) in [5.41, 5.74) is 4.73. The van der Waals surface area contributed by atoms with Gasteiger partial charge in [0.25, 0.3) is 11.5 Å². The molecule has 0 unspecified atom stereocenters. The van der Waals surface area contributed by atoms with Gasteiger partial charge in [-0.25, -0.2) is 17.4 Å². The van der Waals surface area contributed by atoms with Gasteiger partial charge in [0.1, 0.15) is 12.3 Å². The van der Waals surface area contributed by atoms with Gasteiger partial charge < -0.3 is 15.8 Å². The summed E-state index contributed by atoms with van der Waals surface area (Å²) >= 11 is 0. The maximum absolute atomic E-state index is 12.7. The van der Waals surface area contributed by atoms with Gasteiger partial charge in [-0.15, -0.1) is 0 Å². The van der Waals surface area contributed by atoms with Crippen LogP contribution in [0.2, 0.25) is 0 Å². The van der Waals surface area contributed by atoms with E-state index in [0.717, 1.165) is 8.99 Å². The first kappa shape index (κ1) is 22.9. The lowest BCUT2D eigenvalue weighted by Crippen LogP contribution is -2.32. The van der Waals surface area contributed by atoms with E-state index in [1.165, 1.54) is 51.5 Å².